The third kappa shape index (κ3) is 9.86. The van der Waals surface area contributed by atoms with Crippen molar-refractivity contribution in [3.63, 3.8) is 0 Å². The van der Waals surface area contributed by atoms with Crippen LogP contribution >= 0.6 is 11.8 Å². The lowest BCUT2D eigenvalue weighted by Crippen LogP contribution is -2.38. The Kier molecular flexibility index (Phi) is 9.52. The summed E-state index contributed by atoms with van der Waals surface area (Å²) in [6.07, 6.45) is 0.836. The van der Waals surface area contributed by atoms with Crippen LogP contribution in [0.15, 0.2) is 0 Å². The van der Waals surface area contributed by atoms with Gasteiger partial charge in [0.1, 0.15) is 5.78 Å². The lowest BCUT2D eigenvalue weighted by molar-refractivity contribution is -0.125. The van der Waals surface area contributed by atoms with Gasteiger partial charge in [0.2, 0.25) is 11.8 Å². The van der Waals surface area contributed by atoms with Gasteiger partial charge in [-0.1, -0.05) is 13.8 Å². The first kappa shape index (κ1) is 16.0. The molecule has 0 spiro atoms. The van der Waals surface area contributed by atoms with Gasteiger partial charge in [0.25, 0.3) is 0 Å². The fraction of sp³-hybridized carbons (Fsp3) is 0.727. The molecule has 0 unspecified atom stereocenters. The first-order valence-electron chi connectivity index (χ1n) is 5.73. The van der Waals surface area contributed by atoms with Crippen molar-refractivity contribution in [1.82, 2.24) is 10.6 Å². The van der Waals surface area contributed by atoms with Gasteiger partial charge in [0.05, 0.1) is 12.3 Å². The highest BCUT2D eigenvalue weighted by molar-refractivity contribution is 7.99. The quantitative estimate of drug-likeness (QED) is 0.627. The van der Waals surface area contributed by atoms with Gasteiger partial charge in [-0.25, -0.2) is 0 Å². The Balaban J connectivity index is 3.52. The van der Waals surface area contributed by atoms with Crippen molar-refractivity contribution in [3.8, 4) is 0 Å². The van der Waals surface area contributed by atoms with E-state index in [0.29, 0.717) is 25.1 Å². The Bertz CT molecular complexity index is 269. The van der Waals surface area contributed by atoms with E-state index < -0.39 is 0 Å². The molecule has 2 amide bonds. The van der Waals surface area contributed by atoms with Gasteiger partial charge in [0.15, 0.2) is 0 Å². The summed E-state index contributed by atoms with van der Waals surface area (Å²) in [4.78, 5) is 33.4. The third-order valence-electron chi connectivity index (χ3n) is 2.00. The molecule has 0 radical (unpaired) electrons. The van der Waals surface area contributed by atoms with Gasteiger partial charge in [-0.05, 0) is 5.75 Å². The van der Waals surface area contributed by atoms with Gasteiger partial charge in [-0.2, -0.15) is 11.8 Å². The van der Waals surface area contributed by atoms with Crippen molar-refractivity contribution < 1.29 is 14.4 Å². The minimum absolute atomic E-state index is 0.0244. The van der Waals surface area contributed by atoms with Crippen molar-refractivity contribution in [2.24, 2.45) is 0 Å². The summed E-state index contributed by atoms with van der Waals surface area (Å²) in [6.45, 7) is 4.07. The number of carbonyl (C=O) groups excluding carboxylic acids is 3. The van der Waals surface area contributed by atoms with E-state index in [1.807, 2.05) is 6.92 Å². The van der Waals surface area contributed by atoms with Crippen LogP contribution in [0.5, 0.6) is 0 Å². The lowest BCUT2D eigenvalue weighted by Gasteiger charge is -2.06. The number of rotatable bonds is 9. The van der Waals surface area contributed by atoms with Crippen molar-refractivity contribution >= 4 is 29.4 Å². The van der Waals surface area contributed by atoms with E-state index in [-0.39, 0.29) is 24.1 Å². The maximum absolute atomic E-state index is 11.2. The maximum Gasteiger partial charge on any atom is 0.239 e. The molecule has 6 heteroatoms. The minimum atomic E-state index is -0.260. The van der Waals surface area contributed by atoms with Gasteiger partial charge in [-0.3, -0.25) is 14.4 Å². The molecular weight excluding hydrogens is 240 g/mol. The summed E-state index contributed by atoms with van der Waals surface area (Å²) in [5, 5.41) is 5.09. The van der Waals surface area contributed by atoms with Gasteiger partial charge < -0.3 is 10.6 Å². The monoisotopic (exact) mass is 260 g/mol. The first-order valence-corrected chi connectivity index (χ1v) is 6.88. The molecule has 0 fully saturated rings. The van der Waals surface area contributed by atoms with Crippen LogP contribution < -0.4 is 10.6 Å². The fourth-order valence-electron chi connectivity index (χ4n) is 1.01. The molecule has 0 saturated carbocycles. The van der Waals surface area contributed by atoms with Crippen molar-refractivity contribution in [2.75, 3.05) is 24.6 Å². The summed E-state index contributed by atoms with van der Waals surface area (Å²) in [6, 6.07) is 0. The van der Waals surface area contributed by atoms with E-state index in [4.69, 9.17) is 0 Å². The minimum Gasteiger partial charge on any atom is -0.354 e. The molecule has 0 rings (SSSR count). The van der Waals surface area contributed by atoms with Crippen molar-refractivity contribution in [2.45, 2.75) is 26.7 Å². The molecule has 0 heterocycles. The molecule has 0 aliphatic heterocycles. The largest absolute Gasteiger partial charge is 0.354 e. The van der Waals surface area contributed by atoms with Crippen molar-refractivity contribution in [3.05, 3.63) is 0 Å². The highest BCUT2D eigenvalue weighted by atomic mass is 32.2. The lowest BCUT2D eigenvalue weighted by atomic mass is 10.2. The number of thioether (sulfide) groups is 1. The zero-order valence-electron chi connectivity index (χ0n) is 10.4. The number of hydrogen-bond donors (Lipinski definition) is 2. The van der Waals surface area contributed by atoms with Crippen LogP contribution in [0.25, 0.3) is 0 Å². The molecule has 0 saturated heterocycles. The van der Waals surface area contributed by atoms with Crippen LogP contribution in [-0.2, 0) is 14.4 Å². The predicted molar refractivity (Wildman–Crippen MR) is 68.9 cm³/mol. The average molecular weight is 260 g/mol. The maximum atomic E-state index is 11.2. The van der Waals surface area contributed by atoms with Crippen LogP contribution in [0.1, 0.15) is 26.7 Å². The molecule has 0 atom stereocenters. The molecule has 98 valence electrons. The number of amides is 2. The molecule has 0 aromatic carbocycles. The first-order chi connectivity index (χ1) is 8.10. The number of nitrogens with one attached hydrogen (secondary N) is 2. The summed E-state index contributed by atoms with van der Waals surface area (Å²) in [7, 11) is 0. The zero-order chi connectivity index (χ0) is 13.1. The predicted octanol–water partition coefficient (Wildman–Crippen LogP) is 0.341. The smallest absolute Gasteiger partial charge is 0.239 e. The molecule has 0 bridgehead atoms. The molecular formula is C11H20N2O3S. The molecule has 0 aromatic rings. The molecule has 0 aliphatic carbocycles. The normalized spacial score (nSPS) is 9.76. The Labute approximate surface area is 106 Å². The molecule has 17 heavy (non-hydrogen) atoms. The van der Waals surface area contributed by atoms with Gasteiger partial charge >= 0.3 is 0 Å². The second-order valence-electron chi connectivity index (χ2n) is 3.41. The molecule has 2 N–H and O–H groups in total. The Morgan fingerprint density at radius 2 is 1.76 bits per heavy atom. The highest BCUT2D eigenvalue weighted by Gasteiger charge is 2.05. The summed E-state index contributed by atoms with van der Waals surface area (Å²) < 4.78 is 0. The van der Waals surface area contributed by atoms with Crippen molar-refractivity contribution in [1.29, 1.82) is 0 Å². The number of ketones is 1. The summed E-state index contributed by atoms with van der Waals surface area (Å²) >= 11 is 1.50. The summed E-state index contributed by atoms with van der Waals surface area (Å²) in [5.74, 6) is 0.964. The van der Waals surface area contributed by atoms with Crippen LogP contribution in [-0.4, -0.2) is 42.2 Å². The summed E-state index contributed by atoms with van der Waals surface area (Å²) in [5.41, 5.74) is 0. The topological polar surface area (TPSA) is 75.3 Å². The van der Waals surface area contributed by atoms with Crippen LogP contribution in [0.4, 0.5) is 0 Å². The molecule has 5 nitrogen and oxygen atoms in total. The van der Waals surface area contributed by atoms with E-state index in [1.165, 1.54) is 11.8 Å². The molecule has 0 aliphatic rings. The van der Waals surface area contributed by atoms with E-state index in [1.54, 1.807) is 6.92 Å². The zero-order valence-corrected chi connectivity index (χ0v) is 11.2. The number of hydrogen-bond acceptors (Lipinski definition) is 4. The Morgan fingerprint density at radius 1 is 1.06 bits per heavy atom. The van der Waals surface area contributed by atoms with Crippen LogP contribution in [0.3, 0.4) is 0 Å². The van der Waals surface area contributed by atoms with E-state index in [0.717, 1.165) is 5.75 Å². The SMILES string of the molecule is CCSCC(=O)NCC(=O)NCCC(=O)CC. The van der Waals surface area contributed by atoms with E-state index in [2.05, 4.69) is 10.6 Å². The second kappa shape index (κ2) is 10.1. The van der Waals surface area contributed by atoms with Gasteiger partial charge in [-0.15, -0.1) is 0 Å². The third-order valence-corrected chi connectivity index (χ3v) is 2.88. The van der Waals surface area contributed by atoms with E-state index >= 15 is 0 Å². The Hall–Kier alpha value is -1.04. The Morgan fingerprint density at radius 3 is 2.35 bits per heavy atom. The fourth-order valence-corrected chi connectivity index (χ4v) is 1.50. The highest BCUT2D eigenvalue weighted by Crippen LogP contribution is 1.95. The average Bonchev–Trinajstić information content (AvgIpc) is 2.33. The van der Waals surface area contributed by atoms with Gasteiger partial charge in [0, 0.05) is 19.4 Å². The molecule has 0 aromatic heterocycles. The van der Waals surface area contributed by atoms with E-state index in [9.17, 15) is 14.4 Å². The number of carbonyl (C=O) groups is 3. The standard InChI is InChI=1S/C11H20N2O3S/c1-3-9(14)5-6-12-10(15)7-13-11(16)8-17-4-2/h3-8H2,1-2H3,(H,12,15)(H,13,16). The second-order valence-corrected chi connectivity index (χ2v) is 4.68. The number of Topliss-reactive ketones (excluding diaryl/α,β-unsaturated/α-hetero) is 1. The van der Waals surface area contributed by atoms with Crippen LogP contribution in [0.2, 0.25) is 0 Å². The van der Waals surface area contributed by atoms with Crippen LogP contribution in [0, 0.1) is 0 Å².